The van der Waals surface area contributed by atoms with Gasteiger partial charge in [0.1, 0.15) is 11.3 Å². The number of aromatic nitrogens is 1. The average Bonchev–Trinajstić information content (AvgIpc) is 2.81. The fourth-order valence-corrected chi connectivity index (χ4v) is 1.94. The van der Waals surface area contributed by atoms with Crippen LogP contribution in [0.2, 0.25) is 0 Å². The number of nitrogens with one attached hydrogen (secondary N) is 1. The molecule has 0 aliphatic carbocycles. The van der Waals surface area contributed by atoms with Gasteiger partial charge in [-0.2, -0.15) is 0 Å². The van der Waals surface area contributed by atoms with Crippen LogP contribution in [0, 0.1) is 0 Å². The minimum atomic E-state index is -0.540. The van der Waals surface area contributed by atoms with Gasteiger partial charge in [-0.25, -0.2) is 4.79 Å². The summed E-state index contributed by atoms with van der Waals surface area (Å²) in [7, 11) is 0. The molecule has 1 aliphatic heterocycles. The Labute approximate surface area is 105 Å². The highest BCUT2D eigenvalue weighted by Gasteiger charge is 2.30. The number of esters is 2. The molecule has 0 saturated carbocycles. The van der Waals surface area contributed by atoms with Crippen molar-refractivity contribution >= 4 is 11.9 Å². The molecule has 0 spiro atoms. The van der Waals surface area contributed by atoms with Gasteiger partial charge in [0, 0.05) is 12.1 Å². The van der Waals surface area contributed by atoms with Crippen LogP contribution in [0.15, 0.2) is 12.3 Å². The van der Waals surface area contributed by atoms with Gasteiger partial charge in [-0.15, -0.1) is 0 Å². The second kappa shape index (κ2) is 4.48. The maximum atomic E-state index is 12.0. The molecule has 0 bridgehead atoms. The number of carbonyl (C=O) groups is 2. The van der Waals surface area contributed by atoms with Crippen LogP contribution in [-0.4, -0.2) is 29.1 Å². The zero-order chi connectivity index (χ0) is 13.3. The summed E-state index contributed by atoms with van der Waals surface area (Å²) in [6, 6.07) is 1.80. The van der Waals surface area contributed by atoms with E-state index in [9.17, 15) is 9.59 Å². The first-order valence-corrected chi connectivity index (χ1v) is 5.93. The van der Waals surface area contributed by atoms with Crippen LogP contribution in [0.5, 0.6) is 0 Å². The van der Waals surface area contributed by atoms with Crippen molar-refractivity contribution < 1.29 is 19.1 Å². The maximum absolute atomic E-state index is 12.0. The normalized spacial score (nSPS) is 19.7. The number of hydrogen-bond donors (Lipinski definition) is 1. The molecule has 5 nitrogen and oxygen atoms in total. The van der Waals surface area contributed by atoms with Gasteiger partial charge in [0.2, 0.25) is 0 Å². The van der Waals surface area contributed by atoms with E-state index in [4.69, 9.17) is 9.47 Å². The zero-order valence-corrected chi connectivity index (χ0v) is 10.8. The number of H-pyrrole nitrogens is 1. The van der Waals surface area contributed by atoms with Crippen LogP contribution in [0.25, 0.3) is 0 Å². The highest BCUT2D eigenvalue weighted by molar-refractivity contribution is 5.90. The largest absolute Gasteiger partial charge is 0.465 e. The van der Waals surface area contributed by atoms with Crippen LogP contribution in [0.1, 0.15) is 49.2 Å². The van der Waals surface area contributed by atoms with Crippen molar-refractivity contribution in [3.63, 3.8) is 0 Å². The maximum Gasteiger partial charge on any atom is 0.355 e. The van der Waals surface area contributed by atoms with Gasteiger partial charge in [-0.05, 0) is 32.4 Å². The smallest absolute Gasteiger partial charge is 0.355 e. The molecule has 1 unspecified atom stereocenters. The highest BCUT2D eigenvalue weighted by atomic mass is 16.6. The number of rotatable bonds is 2. The van der Waals surface area contributed by atoms with Gasteiger partial charge in [0.15, 0.2) is 0 Å². The van der Waals surface area contributed by atoms with E-state index in [-0.39, 0.29) is 11.9 Å². The molecule has 1 aromatic heterocycles. The van der Waals surface area contributed by atoms with Gasteiger partial charge in [-0.1, -0.05) is 0 Å². The van der Waals surface area contributed by atoms with Crippen molar-refractivity contribution in [1.29, 1.82) is 0 Å². The van der Waals surface area contributed by atoms with Crippen molar-refractivity contribution in [3.05, 3.63) is 23.5 Å². The van der Waals surface area contributed by atoms with Crippen LogP contribution < -0.4 is 0 Å². The summed E-state index contributed by atoms with van der Waals surface area (Å²) >= 11 is 0. The third-order valence-corrected chi connectivity index (χ3v) is 2.68. The van der Waals surface area contributed by atoms with Crippen LogP contribution in [-0.2, 0) is 14.3 Å². The van der Waals surface area contributed by atoms with Crippen molar-refractivity contribution in [1.82, 2.24) is 4.98 Å². The molecule has 1 aliphatic rings. The minimum absolute atomic E-state index is 0.0636. The van der Waals surface area contributed by atoms with Gasteiger partial charge in [0.25, 0.3) is 0 Å². The molecule has 1 aromatic rings. The van der Waals surface area contributed by atoms with Gasteiger partial charge in [0.05, 0.1) is 13.0 Å². The predicted octanol–water partition coefficient (Wildman–Crippen LogP) is 2.00. The quantitative estimate of drug-likeness (QED) is 0.816. The summed E-state index contributed by atoms with van der Waals surface area (Å²) < 4.78 is 10.2. The Hall–Kier alpha value is -1.78. The molecule has 98 valence electrons. The summed E-state index contributed by atoms with van der Waals surface area (Å²) in [4.78, 5) is 26.0. The second-order valence-corrected chi connectivity index (χ2v) is 5.39. The van der Waals surface area contributed by atoms with Crippen molar-refractivity contribution in [2.75, 3.05) is 6.61 Å². The molecule has 1 fully saturated rings. The molecule has 1 saturated heterocycles. The van der Waals surface area contributed by atoms with Crippen LogP contribution >= 0.6 is 0 Å². The highest BCUT2D eigenvalue weighted by Crippen LogP contribution is 2.29. The van der Waals surface area contributed by atoms with Gasteiger partial charge >= 0.3 is 11.9 Å². The van der Waals surface area contributed by atoms with E-state index >= 15 is 0 Å². The molecule has 2 rings (SSSR count). The fourth-order valence-electron chi connectivity index (χ4n) is 1.94. The average molecular weight is 251 g/mol. The Balaban J connectivity index is 2.17. The second-order valence-electron chi connectivity index (χ2n) is 5.39. The zero-order valence-electron chi connectivity index (χ0n) is 10.8. The third-order valence-electron chi connectivity index (χ3n) is 2.68. The first kappa shape index (κ1) is 12.7. The van der Waals surface area contributed by atoms with Crippen LogP contribution in [0.3, 0.4) is 0 Å². The van der Waals surface area contributed by atoms with E-state index < -0.39 is 11.6 Å². The standard InChI is InChI=1S/C13H17NO4/c1-13(2,3)18-12(16)11-9(4-5-14-11)8-6-10(15)17-7-8/h4-5,8,14H,6-7H2,1-3H3. The molecule has 1 atom stereocenters. The van der Waals surface area contributed by atoms with Crippen molar-refractivity contribution in [2.24, 2.45) is 0 Å². The lowest BCUT2D eigenvalue weighted by Gasteiger charge is -2.19. The van der Waals surface area contributed by atoms with E-state index in [1.54, 1.807) is 12.3 Å². The number of hydrogen-bond acceptors (Lipinski definition) is 4. The topological polar surface area (TPSA) is 68.4 Å². The van der Waals surface area contributed by atoms with Gasteiger partial charge in [-0.3, -0.25) is 4.79 Å². The third kappa shape index (κ3) is 2.72. The Kier molecular flexibility index (Phi) is 3.15. The lowest BCUT2D eigenvalue weighted by molar-refractivity contribution is -0.137. The number of carbonyl (C=O) groups excluding carboxylic acids is 2. The molecule has 18 heavy (non-hydrogen) atoms. The molecule has 5 heteroatoms. The SMILES string of the molecule is CC(C)(C)OC(=O)c1[nH]ccc1C1COC(=O)C1. The number of ether oxygens (including phenoxy) is 2. The molecule has 0 aromatic carbocycles. The minimum Gasteiger partial charge on any atom is -0.465 e. The molecule has 1 N–H and O–H groups in total. The molecule has 2 heterocycles. The molecular weight excluding hydrogens is 234 g/mol. The number of aromatic amines is 1. The number of cyclic esters (lactones) is 1. The Morgan fingerprint density at radius 3 is 2.78 bits per heavy atom. The lowest BCUT2D eigenvalue weighted by atomic mass is 9.98. The summed E-state index contributed by atoms with van der Waals surface area (Å²) in [5.41, 5.74) is 0.657. The lowest BCUT2D eigenvalue weighted by Crippen LogP contribution is -2.25. The monoisotopic (exact) mass is 251 g/mol. The Morgan fingerprint density at radius 2 is 2.22 bits per heavy atom. The van der Waals surface area contributed by atoms with E-state index in [1.165, 1.54) is 0 Å². The first-order chi connectivity index (χ1) is 8.37. The summed E-state index contributed by atoms with van der Waals surface area (Å²) in [5, 5.41) is 0. The van der Waals surface area contributed by atoms with Gasteiger partial charge < -0.3 is 14.5 Å². The predicted molar refractivity (Wildman–Crippen MR) is 64.3 cm³/mol. The van der Waals surface area contributed by atoms with E-state index in [1.807, 2.05) is 20.8 Å². The molecule has 0 radical (unpaired) electrons. The summed E-state index contributed by atoms with van der Waals surface area (Å²) in [6.07, 6.45) is 1.99. The molecule has 0 amide bonds. The summed E-state index contributed by atoms with van der Waals surface area (Å²) in [5.74, 6) is -0.690. The van der Waals surface area contributed by atoms with E-state index in [0.717, 1.165) is 5.56 Å². The van der Waals surface area contributed by atoms with Crippen molar-refractivity contribution in [2.45, 2.75) is 38.7 Å². The Bertz CT molecular complexity index is 470. The van der Waals surface area contributed by atoms with Crippen LogP contribution in [0.4, 0.5) is 0 Å². The Morgan fingerprint density at radius 1 is 1.50 bits per heavy atom. The summed E-state index contributed by atoms with van der Waals surface area (Å²) in [6.45, 7) is 5.77. The van der Waals surface area contributed by atoms with E-state index in [2.05, 4.69) is 4.98 Å². The molecular formula is C13H17NO4. The van der Waals surface area contributed by atoms with Crippen molar-refractivity contribution in [3.8, 4) is 0 Å². The first-order valence-electron chi connectivity index (χ1n) is 5.93. The van der Waals surface area contributed by atoms with E-state index in [0.29, 0.717) is 18.7 Å². The fraction of sp³-hybridized carbons (Fsp3) is 0.538.